The zero-order chi connectivity index (χ0) is 21.3. The van der Waals surface area contributed by atoms with Gasteiger partial charge in [-0.2, -0.15) is 0 Å². The number of hydrogen-bond acceptors (Lipinski definition) is 3. The summed E-state index contributed by atoms with van der Waals surface area (Å²) in [5.74, 6) is -0.262. The molecule has 2 amide bonds. The number of urea groups is 1. The summed E-state index contributed by atoms with van der Waals surface area (Å²) in [5, 5.41) is 6.73. The molecule has 6 heteroatoms. The van der Waals surface area contributed by atoms with Gasteiger partial charge >= 0.3 is 6.03 Å². The van der Waals surface area contributed by atoms with Crippen molar-refractivity contribution in [2.75, 3.05) is 11.9 Å². The van der Waals surface area contributed by atoms with Gasteiger partial charge in [-0.05, 0) is 55.3 Å². The SMILES string of the molecule is CCCCCCCNC(=O)Nc1ccc(-c2sc(C)nc2-c2ccc(F)cc2)cc1. The summed E-state index contributed by atoms with van der Waals surface area (Å²) in [4.78, 5) is 17.7. The third-order valence-electron chi connectivity index (χ3n) is 4.82. The van der Waals surface area contributed by atoms with E-state index in [1.165, 1.54) is 31.4 Å². The van der Waals surface area contributed by atoms with Crippen molar-refractivity contribution in [3.05, 3.63) is 59.4 Å². The van der Waals surface area contributed by atoms with E-state index in [2.05, 4.69) is 22.5 Å². The zero-order valence-corrected chi connectivity index (χ0v) is 18.3. The number of hydrogen-bond donors (Lipinski definition) is 2. The van der Waals surface area contributed by atoms with Crippen LogP contribution in [0.1, 0.15) is 44.0 Å². The van der Waals surface area contributed by atoms with Gasteiger partial charge in [-0.1, -0.05) is 44.7 Å². The molecule has 0 aliphatic heterocycles. The summed E-state index contributed by atoms with van der Waals surface area (Å²) in [5.41, 5.74) is 3.49. The Balaban J connectivity index is 1.61. The Hall–Kier alpha value is -2.73. The smallest absolute Gasteiger partial charge is 0.319 e. The number of aryl methyl sites for hydroxylation is 1. The van der Waals surface area contributed by atoms with Crippen molar-refractivity contribution in [3.8, 4) is 21.7 Å². The highest BCUT2D eigenvalue weighted by Crippen LogP contribution is 2.37. The standard InChI is InChI=1S/C24H28FN3OS/c1-3-4-5-6-7-16-26-24(29)28-21-14-10-19(11-15-21)23-22(27-17(2)30-23)18-8-12-20(25)13-9-18/h8-15H,3-7,16H2,1-2H3,(H2,26,28,29). The second-order valence-corrected chi connectivity index (χ2v) is 8.49. The molecule has 0 aliphatic rings. The van der Waals surface area contributed by atoms with Crippen molar-refractivity contribution >= 4 is 23.1 Å². The number of anilines is 1. The molecule has 4 nitrogen and oxygen atoms in total. The summed E-state index contributed by atoms with van der Waals surface area (Å²) in [6, 6.07) is 13.9. The molecule has 0 bridgehead atoms. The fraction of sp³-hybridized carbons (Fsp3) is 0.333. The monoisotopic (exact) mass is 425 g/mol. The molecule has 3 aromatic rings. The molecular weight excluding hydrogens is 397 g/mol. The van der Waals surface area contributed by atoms with Gasteiger partial charge in [0.2, 0.25) is 0 Å². The first-order valence-corrected chi connectivity index (χ1v) is 11.3. The van der Waals surface area contributed by atoms with E-state index >= 15 is 0 Å². The number of rotatable bonds is 9. The number of thiazole rings is 1. The second kappa shape index (κ2) is 10.9. The van der Waals surface area contributed by atoms with Crippen molar-refractivity contribution in [2.24, 2.45) is 0 Å². The summed E-state index contributed by atoms with van der Waals surface area (Å²) < 4.78 is 13.3. The van der Waals surface area contributed by atoms with E-state index in [0.717, 1.165) is 45.2 Å². The fourth-order valence-electron chi connectivity index (χ4n) is 3.24. The average molecular weight is 426 g/mol. The molecule has 158 valence electrons. The third kappa shape index (κ3) is 6.13. The Bertz CT molecular complexity index is 952. The van der Waals surface area contributed by atoms with Crippen molar-refractivity contribution < 1.29 is 9.18 Å². The zero-order valence-electron chi connectivity index (χ0n) is 17.5. The van der Waals surface area contributed by atoms with Crippen LogP contribution in [0, 0.1) is 12.7 Å². The molecule has 0 spiro atoms. The van der Waals surface area contributed by atoms with Gasteiger partial charge in [0.1, 0.15) is 5.82 Å². The van der Waals surface area contributed by atoms with Crippen molar-refractivity contribution in [1.82, 2.24) is 10.3 Å². The first kappa shape index (κ1) is 22.0. The number of carbonyl (C=O) groups excluding carboxylic acids is 1. The van der Waals surface area contributed by atoms with Gasteiger partial charge in [0.15, 0.2) is 0 Å². The highest BCUT2D eigenvalue weighted by atomic mass is 32.1. The largest absolute Gasteiger partial charge is 0.338 e. The minimum absolute atomic E-state index is 0.182. The molecule has 0 radical (unpaired) electrons. The second-order valence-electron chi connectivity index (χ2n) is 7.29. The van der Waals surface area contributed by atoms with Crippen LogP contribution in [0.2, 0.25) is 0 Å². The van der Waals surface area contributed by atoms with Crippen molar-refractivity contribution in [2.45, 2.75) is 46.0 Å². The van der Waals surface area contributed by atoms with E-state index in [4.69, 9.17) is 0 Å². The highest BCUT2D eigenvalue weighted by molar-refractivity contribution is 7.15. The Morgan fingerprint density at radius 1 is 0.967 bits per heavy atom. The lowest BCUT2D eigenvalue weighted by atomic mass is 10.1. The van der Waals surface area contributed by atoms with Gasteiger partial charge in [-0.3, -0.25) is 0 Å². The lowest BCUT2D eigenvalue weighted by Crippen LogP contribution is -2.29. The van der Waals surface area contributed by atoms with E-state index in [1.807, 2.05) is 31.2 Å². The number of nitrogens with one attached hydrogen (secondary N) is 2. The van der Waals surface area contributed by atoms with E-state index in [1.54, 1.807) is 23.5 Å². The third-order valence-corrected chi connectivity index (χ3v) is 5.84. The van der Waals surface area contributed by atoms with Crippen molar-refractivity contribution in [1.29, 1.82) is 0 Å². The number of amides is 2. The first-order valence-electron chi connectivity index (χ1n) is 10.5. The minimum atomic E-state index is -0.262. The topological polar surface area (TPSA) is 54.0 Å². The molecule has 3 rings (SSSR count). The van der Waals surface area contributed by atoms with E-state index in [-0.39, 0.29) is 11.8 Å². The molecule has 0 unspecified atom stereocenters. The fourth-order valence-corrected chi connectivity index (χ4v) is 4.18. The Labute approximate surface area is 181 Å². The number of aromatic nitrogens is 1. The van der Waals surface area contributed by atoms with Crippen LogP contribution < -0.4 is 10.6 Å². The van der Waals surface area contributed by atoms with Crippen LogP contribution in [0.15, 0.2) is 48.5 Å². The Kier molecular flexibility index (Phi) is 7.97. The van der Waals surface area contributed by atoms with Crippen LogP contribution in [0.4, 0.5) is 14.9 Å². The van der Waals surface area contributed by atoms with E-state index in [0.29, 0.717) is 6.54 Å². The van der Waals surface area contributed by atoms with Gasteiger partial charge in [-0.25, -0.2) is 14.2 Å². The summed E-state index contributed by atoms with van der Waals surface area (Å²) in [7, 11) is 0. The molecule has 0 saturated heterocycles. The Morgan fingerprint density at radius 2 is 1.63 bits per heavy atom. The highest BCUT2D eigenvalue weighted by Gasteiger charge is 2.13. The average Bonchev–Trinajstić information content (AvgIpc) is 3.13. The van der Waals surface area contributed by atoms with Gasteiger partial charge in [0.05, 0.1) is 15.6 Å². The summed E-state index contributed by atoms with van der Waals surface area (Å²) in [6.45, 7) is 4.84. The lowest BCUT2D eigenvalue weighted by Gasteiger charge is -2.09. The molecule has 2 N–H and O–H groups in total. The quantitative estimate of drug-likeness (QED) is 0.362. The predicted molar refractivity (Wildman–Crippen MR) is 123 cm³/mol. The predicted octanol–water partition coefficient (Wildman–Crippen LogP) is 7.02. The van der Waals surface area contributed by atoms with Crippen LogP contribution in [0.5, 0.6) is 0 Å². The minimum Gasteiger partial charge on any atom is -0.338 e. The van der Waals surface area contributed by atoms with Crippen LogP contribution >= 0.6 is 11.3 Å². The number of unbranched alkanes of at least 4 members (excludes halogenated alkanes) is 4. The summed E-state index contributed by atoms with van der Waals surface area (Å²) in [6.07, 6.45) is 5.84. The molecule has 30 heavy (non-hydrogen) atoms. The van der Waals surface area contributed by atoms with Gasteiger partial charge in [-0.15, -0.1) is 11.3 Å². The van der Waals surface area contributed by atoms with Crippen molar-refractivity contribution in [3.63, 3.8) is 0 Å². The van der Waals surface area contributed by atoms with E-state index in [9.17, 15) is 9.18 Å². The van der Waals surface area contributed by atoms with Gasteiger partial charge in [0, 0.05) is 17.8 Å². The first-order chi connectivity index (χ1) is 14.6. The molecule has 0 saturated carbocycles. The van der Waals surface area contributed by atoms with Gasteiger partial charge in [0.25, 0.3) is 0 Å². The van der Waals surface area contributed by atoms with Crippen LogP contribution in [-0.2, 0) is 0 Å². The summed E-state index contributed by atoms with van der Waals surface area (Å²) >= 11 is 1.60. The molecule has 0 aliphatic carbocycles. The molecule has 2 aromatic carbocycles. The van der Waals surface area contributed by atoms with Gasteiger partial charge < -0.3 is 10.6 Å². The number of benzene rings is 2. The van der Waals surface area contributed by atoms with Crippen LogP contribution in [0.3, 0.4) is 0 Å². The number of nitrogens with zero attached hydrogens (tertiary/aromatic N) is 1. The lowest BCUT2D eigenvalue weighted by molar-refractivity contribution is 0.252. The normalized spacial score (nSPS) is 10.8. The molecule has 0 atom stereocenters. The van der Waals surface area contributed by atoms with E-state index < -0.39 is 0 Å². The van der Waals surface area contributed by atoms with Crippen LogP contribution in [-0.4, -0.2) is 17.6 Å². The maximum Gasteiger partial charge on any atom is 0.319 e. The molecule has 0 fully saturated rings. The molecule has 1 aromatic heterocycles. The molecular formula is C24H28FN3OS. The molecule has 1 heterocycles. The maximum absolute atomic E-state index is 13.3. The Morgan fingerprint density at radius 3 is 2.33 bits per heavy atom. The van der Waals surface area contributed by atoms with Crippen LogP contribution in [0.25, 0.3) is 21.7 Å². The number of carbonyl (C=O) groups is 1. The number of halogens is 1. The maximum atomic E-state index is 13.3.